The normalized spacial score (nSPS) is 20.3. The van der Waals surface area contributed by atoms with Crippen LogP contribution in [-0.2, 0) is 11.3 Å². The summed E-state index contributed by atoms with van der Waals surface area (Å²) < 4.78 is 7.25. The number of amides is 1. The van der Waals surface area contributed by atoms with Crippen LogP contribution in [0.4, 0.5) is 5.82 Å². The van der Waals surface area contributed by atoms with Crippen molar-refractivity contribution in [3.05, 3.63) is 78.3 Å². The van der Waals surface area contributed by atoms with Crippen LogP contribution in [0.1, 0.15) is 53.5 Å². The van der Waals surface area contributed by atoms with Crippen LogP contribution in [0.2, 0.25) is 0 Å². The molecule has 1 aromatic carbocycles. The second-order valence-corrected chi connectivity index (χ2v) is 10.5. The summed E-state index contributed by atoms with van der Waals surface area (Å²) in [6.45, 7) is 0.333. The van der Waals surface area contributed by atoms with E-state index in [9.17, 15) is 4.79 Å². The van der Waals surface area contributed by atoms with Crippen molar-refractivity contribution in [2.24, 2.45) is 0 Å². The predicted octanol–water partition coefficient (Wildman–Crippen LogP) is 3.86. The van der Waals surface area contributed by atoms with Crippen molar-refractivity contribution < 1.29 is 9.53 Å². The molecule has 202 valence electrons. The summed E-state index contributed by atoms with van der Waals surface area (Å²) in [5.41, 5.74) is 12.9. The zero-order chi connectivity index (χ0) is 27.2. The third-order valence-corrected chi connectivity index (χ3v) is 8.22. The molecule has 11 nitrogen and oxygen atoms in total. The molecular weight excluding hydrogens is 506 g/mol. The SMILES string of the molecule is COCc1c(C2C[C@H]3CC[C@@H](C2)N3C(=O)c2ncn[nH]2)nc2c(-c3ccc(-c4ccccc4)nc3)cnn2c1N. The molecule has 7 rings (SSSR count). The summed E-state index contributed by atoms with van der Waals surface area (Å²) >= 11 is 0. The summed E-state index contributed by atoms with van der Waals surface area (Å²) in [4.78, 5) is 29.1. The predicted molar refractivity (Wildman–Crippen MR) is 148 cm³/mol. The lowest BCUT2D eigenvalue weighted by molar-refractivity contribution is 0.0556. The maximum Gasteiger partial charge on any atom is 0.291 e. The van der Waals surface area contributed by atoms with Crippen molar-refractivity contribution in [1.82, 2.24) is 39.7 Å². The van der Waals surface area contributed by atoms with Gasteiger partial charge in [0.05, 0.1) is 24.2 Å². The molecule has 0 aliphatic carbocycles. The molecule has 11 heteroatoms. The Morgan fingerprint density at radius 2 is 1.85 bits per heavy atom. The van der Waals surface area contributed by atoms with E-state index in [0.717, 1.165) is 59.3 Å². The minimum Gasteiger partial charge on any atom is -0.383 e. The van der Waals surface area contributed by atoms with Crippen LogP contribution in [0, 0.1) is 0 Å². The average Bonchev–Trinajstić information content (AvgIpc) is 3.73. The van der Waals surface area contributed by atoms with Crippen LogP contribution in [0.15, 0.2) is 61.2 Å². The van der Waals surface area contributed by atoms with E-state index in [1.54, 1.807) is 17.8 Å². The largest absolute Gasteiger partial charge is 0.383 e. The third-order valence-electron chi connectivity index (χ3n) is 8.22. The zero-order valence-electron chi connectivity index (χ0n) is 22.1. The van der Waals surface area contributed by atoms with Gasteiger partial charge in [-0.15, -0.1) is 0 Å². The number of ether oxygens (including phenoxy) is 1. The van der Waals surface area contributed by atoms with Gasteiger partial charge in [-0.05, 0) is 31.7 Å². The van der Waals surface area contributed by atoms with Crippen molar-refractivity contribution in [2.45, 2.75) is 50.3 Å². The fraction of sp³-hybridized carbons (Fsp3) is 0.310. The Morgan fingerprint density at radius 1 is 1.05 bits per heavy atom. The number of methoxy groups -OCH3 is 1. The number of anilines is 1. The molecule has 3 N–H and O–H groups in total. The highest BCUT2D eigenvalue weighted by atomic mass is 16.5. The molecule has 2 aliphatic rings. The molecule has 6 heterocycles. The van der Waals surface area contributed by atoms with Crippen molar-refractivity contribution in [3.8, 4) is 22.4 Å². The molecule has 0 saturated carbocycles. The smallest absolute Gasteiger partial charge is 0.291 e. The van der Waals surface area contributed by atoms with E-state index < -0.39 is 0 Å². The zero-order valence-corrected chi connectivity index (χ0v) is 22.1. The first-order valence-electron chi connectivity index (χ1n) is 13.5. The van der Waals surface area contributed by atoms with E-state index >= 15 is 0 Å². The van der Waals surface area contributed by atoms with Crippen molar-refractivity contribution in [1.29, 1.82) is 0 Å². The van der Waals surface area contributed by atoms with Crippen LogP contribution in [0.3, 0.4) is 0 Å². The van der Waals surface area contributed by atoms with Crippen molar-refractivity contribution in [2.75, 3.05) is 12.8 Å². The highest BCUT2D eigenvalue weighted by Gasteiger charge is 2.45. The maximum atomic E-state index is 13.2. The van der Waals surface area contributed by atoms with Gasteiger partial charge >= 0.3 is 0 Å². The molecule has 2 aliphatic heterocycles. The minimum atomic E-state index is -0.0898. The lowest BCUT2D eigenvalue weighted by Crippen LogP contribution is -2.46. The number of rotatable bonds is 6. The molecule has 0 radical (unpaired) electrons. The van der Waals surface area contributed by atoms with E-state index in [-0.39, 0.29) is 29.7 Å². The van der Waals surface area contributed by atoms with Crippen LogP contribution in [-0.4, -0.2) is 64.8 Å². The van der Waals surface area contributed by atoms with Crippen LogP contribution in [0.5, 0.6) is 0 Å². The molecule has 5 aromatic rings. The summed E-state index contributed by atoms with van der Waals surface area (Å²) in [6, 6.07) is 14.3. The van der Waals surface area contributed by atoms with E-state index in [2.05, 4.69) is 20.3 Å². The van der Waals surface area contributed by atoms with Gasteiger partial charge in [0.25, 0.3) is 5.91 Å². The number of nitrogens with zero attached hydrogens (tertiary/aromatic N) is 7. The van der Waals surface area contributed by atoms with Gasteiger partial charge in [-0.2, -0.15) is 14.7 Å². The van der Waals surface area contributed by atoms with Crippen LogP contribution < -0.4 is 5.73 Å². The fourth-order valence-electron chi connectivity index (χ4n) is 6.40. The Labute approximate surface area is 230 Å². The number of aromatic amines is 1. The van der Waals surface area contributed by atoms with Crippen molar-refractivity contribution >= 4 is 17.4 Å². The Morgan fingerprint density at radius 3 is 2.52 bits per heavy atom. The Kier molecular flexibility index (Phi) is 6.00. The fourth-order valence-corrected chi connectivity index (χ4v) is 6.40. The number of hydrogen-bond donors (Lipinski definition) is 2. The number of pyridine rings is 1. The number of aromatic nitrogens is 7. The third kappa shape index (κ3) is 4.01. The molecule has 2 saturated heterocycles. The first kappa shape index (κ1) is 24.4. The summed E-state index contributed by atoms with van der Waals surface area (Å²) in [6.07, 6.45) is 8.52. The van der Waals surface area contributed by atoms with Gasteiger partial charge in [0.1, 0.15) is 12.1 Å². The maximum absolute atomic E-state index is 13.2. The van der Waals surface area contributed by atoms with Gasteiger partial charge in [-0.1, -0.05) is 36.4 Å². The molecule has 40 heavy (non-hydrogen) atoms. The summed E-state index contributed by atoms with van der Waals surface area (Å²) in [7, 11) is 1.66. The molecule has 2 bridgehead atoms. The topological polar surface area (TPSA) is 140 Å². The first-order valence-corrected chi connectivity index (χ1v) is 13.5. The number of hydrogen-bond acceptors (Lipinski definition) is 8. The van der Waals surface area contributed by atoms with Crippen LogP contribution in [0.25, 0.3) is 28.0 Å². The van der Waals surface area contributed by atoms with E-state index in [0.29, 0.717) is 18.1 Å². The monoisotopic (exact) mass is 535 g/mol. The number of piperidine rings is 1. The average molecular weight is 536 g/mol. The lowest BCUT2D eigenvalue weighted by atomic mass is 9.86. The Hall–Kier alpha value is -4.64. The highest BCUT2D eigenvalue weighted by molar-refractivity contribution is 5.91. The van der Waals surface area contributed by atoms with Gasteiger partial charge in [-0.3, -0.25) is 14.9 Å². The molecule has 2 fully saturated rings. The molecule has 3 atom stereocenters. The van der Waals surface area contributed by atoms with Gasteiger partial charge in [0.2, 0.25) is 5.82 Å². The number of nitrogens with one attached hydrogen (secondary N) is 1. The second-order valence-electron chi connectivity index (χ2n) is 10.5. The van der Waals surface area contributed by atoms with Gasteiger partial charge in [-0.25, -0.2) is 9.97 Å². The molecule has 1 amide bonds. The number of fused-ring (bicyclic) bond motifs is 3. The minimum absolute atomic E-state index is 0.0898. The number of carbonyl (C=O) groups is 1. The van der Waals surface area contributed by atoms with E-state index in [4.69, 9.17) is 20.4 Å². The van der Waals surface area contributed by atoms with Crippen LogP contribution >= 0.6 is 0 Å². The summed E-state index contributed by atoms with van der Waals surface area (Å²) in [5.74, 6) is 0.854. The Bertz CT molecular complexity index is 1650. The molecular formula is C29H29N9O2. The molecule has 1 unspecified atom stereocenters. The Balaban J connectivity index is 1.25. The lowest BCUT2D eigenvalue weighted by Gasteiger charge is -2.38. The van der Waals surface area contributed by atoms with Gasteiger partial charge in [0.15, 0.2) is 5.65 Å². The number of benzene rings is 1. The molecule has 4 aromatic heterocycles. The number of carbonyl (C=O) groups excluding carboxylic acids is 1. The second kappa shape index (κ2) is 9.83. The summed E-state index contributed by atoms with van der Waals surface area (Å²) in [5, 5.41) is 11.2. The highest BCUT2D eigenvalue weighted by Crippen LogP contribution is 2.45. The van der Waals surface area contributed by atoms with Gasteiger partial charge < -0.3 is 15.4 Å². The quantitative estimate of drug-likeness (QED) is 0.334. The van der Waals surface area contributed by atoms with Gasteiger partial charge in [0, 0.05) is 53.6 Å². The number of nitrogens with two attached hydrogens (primary N) is 1. The van der Waals surface area contributed by atoms with E-state index in [1.165, 1.54) is 6.33 Å². The van der Waals surface area contributed by atoms with E-state index in [1.807, 2.05) is 53.6 Å². The van der Waals surface area contributed by atoms with Crippen molar-refractivity contribution in [3.63, 3.8) is 0 Å². The molecule has 0 spiro atoms. The standard InChI is InChI=1S/C29H29N9O2/c1-40-15-23-25(19-11-20-8-9-21(12-19)37(20)29(39)27-32-16-33-36-27)35-28-22(14-34-38(28)26(23)30)18-7-10-24(31-13-18)17-5-3-2-4-6-17/h2-7,10,13-14,16,19-21H,8-9,11-12,15,30H2,1H3,(H,32,33,36)/t19?,20-,21+. The number of nitrogen functional groups attached to an aromatic ring is 1. The number of H-pyrrole nitrogens is 1. The first-order chi connectivity index (χ1) is 19.6.